The minimum atomic E-state index is -0.968. The Balaban J connectivity index is 2.03. The van der Waals surface area contributed by atoms with Gasteiger partial charge in [-0.2, -0.15) is 0 Å². The van der Waals surface area contributed by atoms with Crippen LogP contribution in [0.3, 0.4) is 0 Å². The lowest BCUT2D eigenvalue weighted by Crippen LogP contribution is -1.98. The first-order valence-electron chi connectivity index (χ1n) is 7.41. The largest absolute Gasteiger partial charge is 0.497 e. The maximum atomic E-state index is 11.5. The lowest BCUT2D eigenvalue weighted by molar-refractivity contribution is 0.0697. The molecule has 0 radical (unpaired) electrons. The van der Waals surface area contributed by atoms with E-state index in [0.29, 0.717) is 11.5 Å². The van der Waals surface area contributed by atoms with Crippen molar-refractivity contribution < 1.29 is 24.1 Å². The second-order valence-electron chi connectivity index (χ2n) is 5.45. The van der Waals surface area contributed by atoms with Gasteiger partial charge in [0.2, 0.25) is 6.79 Å². The van der Waals surface area contributed by atoms with E-state index in [1.807, 2.05) is 30.3 Å². The summed E-state index contributed by atoms with van der Waals surface area (Å²) < 4.78 is 16.3. The number of rotatable bonds is 3. The van der Waals surface area contributed by atoms with Gasteiger partial charge in [-0.1, -0.05) is 18.2 Å². The summed E-state index contributed by atoms with van der Waals surface area (Å²) in [5, 5.41) is 11.1. The smallest absolute Gasteiger partial charge is 0.335 e. The van der Waals surface area contributed by atoms with Crippen LogP contribution in [-0.2, 0) is 0 Å². The molecule has 3 aromatic rings. The molecule has 0 saturated carbocycles. The summed E-state index contributed by atoms with van der Waals surface area (Å²) in [6.45, 7) is 0.164. The van der Waals surface area contributed by atoms with E-state index in [9.17, 15) is 9.90 Å². The van der Waals surface area contributed by atoms with Crippen molar-refractivity contribution >= 4 is 16.7 Å². The molecular formula is C19H14O5. The molecule has 5 nitrogen and oxygen atoms in total. The summed E-state index contributed by atoms with van der Waals surface area (Å²) in [7, 11) is 1.60. The predicted octanol–water partition coefficient (Wildman–Crippen LogP) is 3.94. The minimum absolute atomic E-state index is 0.164. The molecule has 24 heavy (non-hydrogen) atoms. The zero-order chi connectivity index (χ0) is 16.7. The van der Waals surface area contributed by atoms with Gasteiger partial charge in [0.15, 0.2) is 11.5 Å². The maximum absolute atomic E-state index is 11.5. The van der Waals surface area contributed by atoms with E-state index < -0.39 is 5.97 Å². The Kier molecular flexibility index (Phi) is 3.27. The van der Waals surface area contributed by atoms with E-state index in [2.05, 4.69) is 0 Å². The molecular weight excluding hydrogens is 308 g/mol. The van der Waals surface area contributed by atoms with Crippen molar-refractivity contribution in [2.75, 3.05) is 13.9 Å². The third-order valence-corrected chi connectivity index (χ3v) is 4.10. The third-order valence-electron chi connectivity index (χ3n) is 4.10. The quantitative estimate of drug-likeness (QED) is 0.791. The van der Waals surface area contributed by atoms with Gasteiger partial charge in [0.1, 0.15) is 5.75 Å². The molecule has 0 aliphatic carbocycles. The Bertz CT molecular complexity index is 944. The number of carboxylic acid groups (broad SMARTS) is 1. The highest BCUT2D eigenvalue weighted by atomic mass is 16.7. The van der Waals surface area contributed by atoms with Crippen molar-refractivity contribution in [1.82, 2.24) is 0 Å². The Hall–Kier alpha value is -3.21. The van der Waals surface area contributed by atoms with Gasteiger partial charge in [0, 0.05) is 5.39 Å². The first-order chi connectivity index (χ1) is 11.7. The van der Waals surface area contributed by atoms with Gasteiger partial charge in [-0.05, 0) is 46.8 Å². The van der Waals surface area contributed by atoms with Gasteiger partial charge < -0.3 is 19.3 Å². The second-order valence-corrected chi connectivity index (χ2v) is 5.45. The average molecular weight is 322 g/mol. The van der Waals surface area contributed by atoms with Gasteiger partial charge in [-0.25, -0.2) is 4.79 Å². The number of hydrogen-bond acceptors (Lipinski definition) is 4. The topological polar surface area (TPSA) is 65.0 Å². The second kappa shape index (κ2) is 5.45. The Morgan fingerprint density at radius 2 is 1.88 bits per heavy atom. The summed E-state index contributed by atoms with van der Waals surface area (Å²) in [5.41, 5.74) is 1.90. The van der Waals surface area contributed by atoms with Crippen LogP contribution in [-0.4, -0.2) is 25.0 Å². The summed E-state index contributed by atoms with van der Waals surface area (Å²) >= 11 is 0. The molecule has 1 N–H and O–H groups in total. The first-order valence-corrected chi connectivity index (χ1v) is 7.41. The van der Waals surface area contributed by atoms with Crippen LogP contribution in [0.15, 0.2) is 48.5 Å². The van der Waals surface area contributed by atoms with Crippen molar-refractivity contribution in [3.63, 3.8) is 0 Å². The number of fused-ring (bicyclic) bond motifs is 3. The fraction of sp³-hybridized carbons (Fsp3) is 0.105. The van der Waals surface area contributed by atoms with E-state index >= 15 is 0 Å². The van der Waals surface area contributed by atoms with Crippen LogP contribution in [0, 0.1) is 0 Å². The van der Waals surface area contributed by atoms with E-state index in [1.54, 1.807) is 25.3 Å². The van der Waals surface area contributed by atoms with Gasteiger partial charge >= 0.3 is 5.97 Å². The molecule has 120 valence electrons. The molecule has 0 fully saturated rings. The summed E-state index contributed by atoms with van der Waals surface area (Å²) in [5.74, 6) is 1.09. The molecule has 0 saturated heterocycles. The minimum Gasteiger partial charge on any atom is -0.497 e. The summed E-state index contributed by atoms with van der Waals surface area (Å²) in [6, 6.07) is 14.4. The normalized spacial score (nSPS) is 12.4. The molecule has 0 aromatic heterocycles. The molecule has 0 bridgehead atoms. The number of methoxy groups -OCH3 is 1. The van der Waals surface area contributed by atoms with Crippen LogP contribution in [0.2, 0.25) is 0 Å². The van der Waals surface area contributed by atoms with Crippen LogP contribution in [0.25, 0.3) is 21.9 Å². The molecule has 0 amide bonds. The highest BCUT2D eigenvalue weighted by Crippen LogP contribution is 2.44. The summed E-state index contributed by atoms with van der Waals surface area (Å²) in [6.07, 6.45) is 0. The van der Waals surface area contributed by atoms with Crippen molar-refractivity contribution in [3.8, 4) is 28.4 Å². The zero-order valence-electron chi connectivity index (χ0n) is 12.9. The van der Waals surface area contributed by atoms with Crippen LogP contribution >= 0.6 is 0 Å². The lowest BCUT2D eigenvalue weighted by Gasteiger charge is -2.12. The van der Waals surface area contributed by atoms with Crippen molar-refractivity contribution in [3.05, 3.63) is 54.1 Å². The van der Waals surface area contributed by atoms with Crippen LogP contribution < -0.4 is 14.2 Å². The van der Waals surface area contributed by atoms with E-state index in [1.165, 1.54) is 0 Å². The van der Waals surface area contributed by atoms with E-state index in [0.717, 1.165) is 27.6 Å². The van der Waals surface area contributed by atoms with Crippen molar-refractivity contribution in [2.24, 2.45) is 0 Å². The monoisotopic (exact) mass is 322 g/mol. The molecule has 0 spiro atoms. The number of hydrogen-bond donors (Lipinski definition) is 1. The Labute approximate surface area is 138 Å². The van der Waals surface area contributed by atoms with Crippen LogP contribution in [0.5, 0.6) is 17.2 Å². The highest BCUT2D eigenvalue weighted by Gasteiger charge is 2.21. The number of benzene rings is 3. The molecule has 1 heterocycles. The van der Waals surface area contributed by atoms with Crippen molar-refractivity contribution in [2.45, 2.75) is 0 Å². The Morgan fingerprint density at radius 3 is 2.58 bits per heavy atom. The standard InChI is InChI=1S/C19H14O5/c1-22-14-5-2-11(3-6-14)15-9-13(19(20)21)8-12-4-7-16-18(17(12)15)24-10-23-16/h2-9H,10H2,1H3,(H,20,21). The number of carbonyl (C=O) groups is 1. The molecule has 5 heteroatoms. The highest BCUT2D eigenvalue weighted by molar-refractivity contribution is 6.06. The number of carboxylic acids is 1. The van der Waals surface area contributed by atoms with Gasteiger partial charge in [-0.3, -0.25) is 0 Å². The van der Waals surface area contributed by atoms with Crippen LogP contribution in [0.1, 0.15) is 10.4 Å². The van der Waals surface area contributed by atoms with Crippen LogP contribution in [0.4, 0.5) is 0 Å². The molecule has 0 unspecified atom stereocenters. The fourth-order valence-electron chi connectivity index (χ4n) is 2.94. The van der Waals surface area contributed by atoms with Gasteiger partial charge in [-0.15, -0.1) is 0 Å². The van der Waals surface area contributed by atoms with E-state index in [-0.39, 0.29) is 12.4 Å². The van der Waals surface area contributed by atoms with Gasteiger partial charge in [0.25, 0.3) is 0 Å². The summed E-state index contributed by atoms with van der Waals surface area (Å²) in [4.78, 5) is 11.5. The van der Waals surface area contributed by atoms with E-state index in [4.69, 9.17) is 14.2 Å². The first kappa shape index (κ1) is 14.4. The van der Waals surface area contributed by atoms with Crippen molar-refractivity contribution in [1.29, 1.82) is 0 Å². The number of aromatic carboxylic acids is 1. The molecule has 3 aromatic carbocycles. The lowest BCUT2D eigenvalue weighted by atomic mass is 9.94. The number of ether oxygens (including phenoxy) is 3. The fourth-order valence-corrected chi connectivity index (χ4v) is 2.94. The molecule has 0 atom stereocenters. The molecule has 1 aliphatic heterocycles. The predicted molar refractivity (Wildman–Crippen MR) is 89.0 cm³/mol. The third kappa shape index (κ3) is 2.22. The van der Waals surface area contributed by atoms with Gasteiger partial charge in [0.05, 0.1) is 12.7 Å². The zero-order valence-corrected chi connectivity index (χ0v) is 12.9. The maximum Gasteiger partial charge on any atom is 0.335 e. The molecule has 1 aliphatic rings. The molecule has 4 rings (SSSR count). The average Bonchev–Trinajstić information content (AvgIpc) is 3.09. The SMILES string of the molecule is COc1ccc(-c2cc(C(=O)O)cc3ccc4c(c23)OCO4)cc1. The Morgan fingerprint density at radius 1 is 1.08 bits per heavy atom.